The van der Waals surface area contributed by atoms with Crippen LogP contribution in [-0.4, -0.2) is 45.6 Å². The van der Waals surface area contributed by atoms with Crippen LogP contribution in [0.3, 0.4) is 0 Å². The van der Waals surface area contributed by atoms with E-state index in [1.54, 1.807) is 18.5 Å². The zero-order valence-corrected chi connectivity index (χ0v) is 13.9. The van der Waals surface area contributed by atoms with Crippen LogP contribution in [-0.2, 0) is 0 Å². The van der Waals surface area contributed by atoms with Crippen molar-refractivity contribution in [3.63, 3.8) is 0 Å². The number of carbonyl (C=O) groups is 1. The number of amides is 2. The molecule has 2 N–H and O–H groups in total. The predicted octanol–water partition coefficient (Wildman–Crippen LogP) is 2.25. The molecule has 0 atom stereocenters. The van der Waals surface area contributed by atoms with Crippen molar-refractivity contribution in [3.05, 3.63) is 18.5 Å². The minimum absolute atomic E-state index is 0.104. The molecular formula is C18H25N5O. The predicted molar refractivity (Wildman–Crippen MR) is 90.5 cm³/mol. The molecule has 24 heavy (non-hydrogen) atoms. The number of nitrogens with zero attached hydrogens (tertiary/aromatic N) is 3. The lowest BCUT2D eigenvalue weighted by atomic mass is 9.53. The molecule has 1 aliphatic heterocycles. The van der Waals surface area contributed by atoms with E-state index in [-0.39, 0.29) is 17.6 Å². The molecule has 1 aromatic rings. The van der Waals surface area contributed by atoms with Crippen LogP contribution in [0.15, 0.2) is 18.5 Å². The molecule has 1 saturated heterocycles. The summed E-state index contributed by atoms with van der Waals surface area (Å²) in [5.74, 6) is 3.22. The van der Waals surface area contributed by atoms with Gasteiger partial charge in [0.05, 0.1) is 6.04 Å². The van der Waals surface area contributed by atoms with Gasteiger partial charge in [0.2, 0.25) is 5.95 Å². The van der Waals surface area contributed by atoms with Crippen LogP contribution in [0.2, 0.25) is 0 Å². The Kier molecular flexibility index (Phi) is 3.22. The van der Waals surface area contributed by atoms with Gasteiger partial charge >= 0.3 is 6.03 Å². The number of rotatable bonds is 3. The number of nitrogens with one attached hydrogen (secondary N) is 2. The molecule has 6 rings (SSSR count). The van der Waals surface area contributed by atoms with E-state index in [1.165, 1.54) is 38.5 Å². The normalized spacial score (nSPS) is 37.2. The van der Waals surface area contributed by atoms with Gasteiger partial charge in [0.1, 0.15) is 0 Å². The molecule has 1 aromatic heterocycles. The van der Waals surface area contributed by atoms with E-state index in [2.05, 4.69) is 20.6 Å². The summed E-state index contributed by atoms with van der Waals surface area (Å²) in [6.07, 6.45) is 11.3. The molecular weight excluding hydrogens is 302 g/mol. The van der Waals surface area contributed by atoms with E-state index in [9.17, 15) is 4.79 Å². The zero-order valence-electron chi connectivity index (χ0n) is 13.9. The van der Waals surface area contributed by atoms with E-state index >= 15 is 0 Å². The Balaban J connectivity index is 1.16. The Morgan fingerprint density at radius 2 is 1.62 bits per heavy atom. The van der Waals surface area contributed by atoms with Gasteiger partial charge in [-0.2, -0.15) is 0 Å². The molecule has 6 heteroatoms. The maximum Gasteiger partial charge on any atom is 0.317 e. The molecule has 128 valence electrons. The van der Waals surface area contributed by atoms with Gasteiger partial charge in [-0.05, 0) is 62.3 Å². The first-order chi connectivity index (χ1) is 11.7. The molecule has 4 saturated carbocycles. The van der Waals surface area contributed by atoms with Crippen LogP contribution in [0, 0.1) is 17.8 Å². The molecule has 0 spiro atoms. The summed E-state index contributed by atoms with van der Waals surface area (Å²) in [6.45, 7) is 1.47. The van der Waals surface area contributed by atoms with E-state index in [1.807, 2.05) is 4.90 Å². The van der Waals surface area contributed by atoms with Crippen molar-refractivity contribution in [2.75, 3.05) is 18.4 Å². The second kappa shape index (κ2) is 5.33. The second-order valence-corrected chi connectivity index (χ2v) is 8.45. The minimum Gasteiger partial charge on any atom is -0.348 e. The fraction of sp³-hybridized carbons (Fsp3) is 0.722. The maximum atomic E-state index is 12.7. The van der Waals surface area contributed by atoms with Crippen molar-refractivity contribution < 1.29 is 4.79 Å². The minimum atomic E-state index is 0.104. The first-order valence-corrected chi connectivity index (χ1v) is 9.28. The van der Waals surface area contributed by atoms with Crippen molar-refractivity contribution in [3.8, 4) is 0 Å². The van der Waals surface area contributed by atoms with E-state index < -0.39 is 0 Å². The van der Waals surface area contributed by atoms with Crippen molar-refractivity contribution in [2.45, 2.75) is 50.1 Å². The summed E-state index contributed by atoms with van der Waals surface area (Å²) in [7, 11) is 0. The molecule has 0 unspecified atom stereocenters. The molecule has 2 amide bonds. The molecule has 0 aromatic carbocycles. The van der Waals surface area contributed by atoms with Gasteiger partial charge in [-0.25, -0.2) is 14.8 Å². The zero-order chi connectivity index (χ0) is 16.1. The monoisotopic (exact) mass is 327 g/mol. The molecule has 2 heterocycles. The Morgan fingerprint density at radius 1 is 1.04 bits per heavy atom. The number of likely N-dealkylation sites (tertiary alicyclic amines) is 1. The van der Waals surface area contributed by atoms with Crippen LogP contribution in [0.1, 0.15) is 38.5 Å². The Morgan fingerprint density at radius 3 is 2.21 bits per heavy atom. The number of hydrogen-bond acceptors (Lipinski definition) is 4. The average Bonchev–Trinajstić information content (AvgIpc) is 2.49. The lowest BCUT2D eigenvalue weighted by Gasteiger charge is -2.57. The van der Waals surface area contributed by atoms with Crippen LogP contribution >= 0.6 is 0 Å². The fourth-order valence-electron chi connectivity index (χ4n) is 5.86. The standard InChI is InChI=1S/C18H25N5O/c24-17(23-10-15(11-23)21-16-19-2-1-3-20-16)22-18-7-12-4-13(8-18)6-14(5-12)9-18/h1-3,12-15H,4-11H2,(H,22,24)(H,19,20,21). The van der Waals surface area contributed by atoms with Gasteiger partial charge in [0, 0.05) is 31.0 Å². The van der Waals surface area contributed by atoms with Crippen molar-refractivity contribution in [2.24, 2.45) is 17.8 Å². The van der Waals surface area contributed by atoms with Gasteiger partial charge in [-0.3, -0.25) is 0 Å². The SMILES string of the molecule is O=C(NC12CC3CC(CC(C3)C1)C2)N1CC(Nc2ncccn2)C1. The van der Waals surface area contributed by atoms with Crippen LogP contribution in [0.25, 0.3) is 0 Å². The Labute approximate surface area is 142 Å². The van der Waals surface area contributed by atoms with E-state index in [0.717, 1.165) is 30.8 Å². The van der Waals surface area contributed by atoms with E-state index in [0.29, 0.717) is 5.95 Å². The smallest absolute Gasteiger partial charge is 0.317 e. The van der Waals surface area contributed by atoms with Gasteiger partial charge in [0.15, 0.2) is 0 Å². The molecule has 0 radical (unpaired) electrons. The molecule has 5 fully saturated rings. The van der Waals surface area contributed by atoms with Gasteiger partial charge in [0.25, 0.3) is 0 Å². The highest BCUT2D eigenvalue weighted by atomic mass is 16.2. The summed E-state index contributed by atoms with van der Waals surface area (Å²) < 4.78 is 0. The average molecular weight is 327 g/mol. The summed E-state index contributed by atoms with van der Waals surface area (Å²) in [6, 6.07) is 2.19. The number of carbonyl (C=O) groups excluding carboxylic acids is 1. The van der Waals surface area contributed by atoms with Gasteiger partial charge in [-0.15, -0.1) is 0 Å². The van der Waals surface area contributed by atoms with Crippen molar-refractivity contribution >= 4 is 12.0 Å². The van der Waals surface area contributed by atoms with Gasteiger partial charge < -0.3 is 15.5 Å². The van der Waals surface area contributed by atoms with Crippen molar-refractivity contribution in [1.29, 1.82) is 0 Å². The summed E-state index contributed by atoms with van der Waals surface area (Å²) in [5, 5.41) is 6.72. The number of hydrogen-bond donors (Lipinski definition) is 2. The lowest BCUT2D eigenvalue weighted by Crippen LogP contribution is -2.66. The molecule has 4 aliphatic carbocycles. The molecule has 4 bridgehead atoms. The number of urea groups is 1. The first-order valence-electron chi connectivity index (χ1n) is 9.28. The number of anilines is 1. The number of aromatic nitrogens is 2. The summed E-state index contributed by atoms with van der Waals surface area (Å²) in [5.41, 5.74) is 0.104. The van der Waals surface area contributed by atoms with Crippen LogP contribution in [0.4, 0.5) is 10.7 Å². The first kappa shape index (κ1) is 14.5. The fourth-order valence-corrected chi connectivity index (χ4v) is 5.86. The van der Waals surface area contributed by atoms with Crippen molar-refractivity contribution in [1.82, 2.24) is 20.2 Å². The third kappa shape index (κ3) is 2.52. The molecule has 5 aliphatic rings. The van der Waals surface area contributed by atoms with Gasteiger partial charge in [-0.1, -0.05) is 0 Å². The lowest BCUT2D eigenvalue weighted by molar-refractivity contribution is -0.0169. The quantitative estimate of drug-likeness (QED) is 0.893. The topological polar surface area (TPSA) is 70.2 Å². The molecule has 6 nitrogen and oxygen atoms in total. The largest absolute Gasteiger partial charge is 0.348 e. The maximum absolute atomic E-state index is 12.7. The highest BCUT2D eigenvalue weighted by molar-refractivity contribution is 5.76. The summed E-state index contributed by atoms with van der Waals surface area (Å²) in [4.78, 5) is 22.9. The van der Waals surface area contributed by atoms with E-state index in [4.69, 9.17) is 0 Å². The van der Waals surface area contributed by atoms with Crippen LogP contribution < -0.4 is 10.6 Å². The third-order valence-corrected chi connectivity index (χ3v) is 6.48. The van der Waals surface area contributed by atoms with Crippen LogP contribution in [0.5, 0.6) is 0 Å². The third-order valence-electron chi connectivity index (χ3n) is 6.48. The summed E-state index contributed by atoms with van der Waals surface area (Å²) >= 11 is 0. The highest BCUT2D eigenvalue weighted by Crippen LogP contribution is 2.55. The Bertz CT molecular complexity index is 592. The Hall–Kier alpha value is -1.85. The highest BCUT2D eigenvalue weighted by Gasteiger charge is 2.52. The second-order valence-electron chi connectivity index (χ2n) is 8.45.